The zero-order valence-corrected chi connectivity index (χ0v) is 11.8. The fourth-order valence-electron chi connectivity index (χ4n) is 4.09. The Morgan fingerprint density at radius 2 is 2.05 bits per heavy atom. The van der Waals surface area contributed by atoms with Crippen molar-refractivity contribution in [1.82, 2.24) is 4.90 Å². The van der Waals surface area contributed by atoms with Crippen LogP contribution in [0.25, 0.3) is 0 Å². The lowest BCUT2D eigenvalue weighted by Gasteiger charge is -2.48. The van der Waals surface area contributed by atoms with E-state index in [1.54, 1.807) is 0 Å². The Balaban J connectivity index is 1.48. The Morgan fingerprint density at radius 3 is 2.80 bits per heavy atom. The molecule has 3 fully saturated rings. The summed E-state index contributed by atoms with van der Waals surface area (Å²) in [6.07, 6.45) is 2.64. The van der Waals surface area contributed by atoms with Crippen LogP contribution >= 0.6 is 0 Å². The molecule has 0 radical (unpaired) electrons. The highest BCUT2D eigenvalue weighted by molar-refractivity contribution is 5.58. The van der Waals surface area contributed by atoms with Gasteiger partial charge in [0.1, 0.15) is 12.4 Å². The minimum Gasteiger partial charge on any atom is -0.489 e. The monoisotopic (exact) mass is 273 g/mol. The van der Waals surface area contributed by atoms with Crippen molar-refractivity contribution in [3.05, 3.63) is 24.3 Å². The molecule has 0 saturated carbocycles. The van der Waals surface area contributed by atoms with Gasteiger partial charge in [-0.1, -0.05) is 12.1 Å². The molecule has 0 aromatic heterocycles. The molecule has 108 valence electrons. The quantitative estimate of drug-likeness (QED) is 0.858. The Bertz CT molecular complexity index is 484. The number of hydrogen-bond donors (Lipinski definition) is 2. The van der Waals surface area contributed by atoms with E-state index in [9.17, 15) is 0 Å². The standard InChI is InChI=1S/C16H23N3O/c17-16(12-9-19-7-5-11(12)6-8-19)14-10-20-15-4-2-1-3-13(15)18-14/h1-4,11-12,14,16,18H,5-10,17H2. The summed E-state index contributed by atoms with van der Waals surface area (Å²) in [7, 11) is 0. The van der Waals surface area contributed by atoms with Crippen LogP contribution in [0.4, 0.5) is 5.69 Å². The zero-order chi connectivity index (χ0) is 13.5. The minimum absolute atomic E-state index is 0.177. The van der Waals surface area contributed by atoms with E-state index in [2.05, 4.69) is 16.3 Å². The van der Waals surface area contributed by atoms with Gasteiger partial charge in [0.25, 0.3) is 0 Å². The maximum Gasteiger partial charge on any atom is 0.142 e. The molecule has 4 heterocycles. The number of hydrogen-bond acceptors (Lipinski definition) is 4. The van der Waals surface area contributed by atoms with E-state index in [1.807, 2.05) is 18.2 Å². The second-order valence-corrected chi connectivity index (χ2v) is 6.44. The molecule has 3 N–H and O–H groups in total. The third-order valence-corrected chi connectivity index (χ3v) is 5.31. The van der Waals surface area contributed by atoms with E-state index < -0.39 is 0 Å². The van der Waals surface area contributed by atoms with Crippen LogP contribution < -0.4 is 15.8 Å². The average Bonchev–Trinajstić information content (AvgIpc) is 2.54. The predicted molar refractivity (Wildman–Crippen MR) is 80.0 cm³/mol. The lowest BCUT2D eigenvalue weighted by molar-refractivity contribution is 0.0309. The Hall–Kier alpha value is -1.26. The van der Waals surface area contributed by atoms with Gasteiger partial charge in [-0.3, -0.25) is 0 Å². The molecule has 0 aliphatic carbocycles. The van der Waals surface area contributed by atoms with Crippen LogP contribution in [-0.2, 0) is 0 Å². The molecule has 4 aliphatic rings. The lowest BCUT2D eigenvalue weighted by atomic mass is 9.73. The van der Waals surface area contributed by atoms with Gasteiger partial charge in [0.2, 0.25) is 0 Å². The molecule has 3 atom stereocenters. The molecular weight excluding hydrogens is 250 g/mol. The number of anilines is 1. The van der Waals surface area contributed by atoms with E-state index in [0.29, 0.717) is 12.5 Å². The predicted octanol–water partition coefficient (Wildman–Crippen LogP) is 1.53. The summed E-state index contributed by atoms with van der Waals surface area (Å²) >= 11 is 0. The third kappa shape index (κ3) is 2.07. The molecule has 4 heteroatoms. The zero-order valence-electron chi connectivity index (χ0n) is 11.8. The van der Waals surface area contributed by atoms with Gasteiger partial charge in [0.15, 0.2) is 0 Å². The minimum atomic E-state index is 0.177. The highest BCUT2D eigenvalue weighted by Gasteiger charge is 2.40. The molecule has 3 saturated heterocycles. The van der Waals surface area contributed by atoms with E-state index >= 15 is 0 Å². The SMILES string of the molecule is NC(C1COc2ccccc2N1)C1CN2CCC1CC2. The van der Waals surface area contributed by atoms with E-state index in [0.717, 1.165) is 17.4 Å². The van der Waals surface area contributed by atoms with Crippen LogP contribution in [-0.4, -0.2) is 43.2 Å². The topological polar surface area (TPSA) is 50.5 Å². The van der Waals surface area contributed by atoms with Gasteiger partial charge in [0.05, 0.1) is 11.7 Å². The second-order valence-electron chi connectivity index (χ2n) is 6.44. The van der Waals surface area contributed by atoms with Gasteiger partial charge in [-0.2, -0.15) is 0 Å². The molecule has 4 nitrogen and oxygen atoms in total. The van der Waals surface area contributed by atoms with Crippen LogP contribution in [0.1, 0.15) is 12.8 Å². The van der Waals surface area contributed by atoms with Crippen molar-refractivity contribution < 1.29 is 4.74 Å². The Kier molecular flexibility index (Phi) is 3.08. The molecule has 1 aromatic carbocycles. The van der Waals surface area contributed by atoms with E-state index in [1.165, 1.54) is 32.5 Å². The summed E-state index contributed by atoms with van der Waals surface area (Å²) < 4.78 is 5.87. The fourth-order valence-corrected chi connectivity index (χ4v) is 4.09. The number of nitrogens with two attached hydrogens (primary N) is 1. The number of fused-ring (bicyclic) bond motifs is 4. The Morgan fingerprint density at radius 1 is 1.25 bits per heavy atom. The summed E-state index contributed by atoms with van der Waals surface area (Å²) in [4.78, 5) is 2.57. The van der Waals surface area contributed by atoms with Gasteiger partial charge < -0.3 is 20.7 Å². The third-order valence-electron chi connectivity index (χ3n) is 5.31. The summed E-state index contributed by atoms with van der Waals surface area (Å²) in [6.45, 7) is 4.39. The number of para-hydroxylation sites is 2. The number of nitrogens with one attached hydrogen (secondary N) is 1. The van der Waals surface area contributed by atoms with Gasteiger partial charge in [-0.25, -0.2) is 0 Å². The van der Waals surface area contributed by atoms with Crippen molar-refractivity contribution in [1.29, 1.82) is 0 Å². The largest absolute Gasteiger partial charge is 0.489 e. The van der Waals surface area contributed by atoms with Crippen molar-refractivity contribution in [2.75, 3.05) is 31.6 Å². The normalized spacial score (nSPS) is 36.6. The average molecular weight is 273 g/mol. The number of ether oxygens (including phenoxy) is 1. The molecule has 3 unspecified atom stereocenters. The molecule has 5 rings (SSSR count). The van der Waals surface area contributed by atoms with Crippen LogP contribution in [0.2, 0.25) is 0 Å². The van der Waals surface area contributed by atoms with Crippen molar-refractivity contribution in [2.45, 2.75) is 24.9 Å². The van der Waals surface area contributed by atoms with Gasteiger partial charge in [0, 0.05) is 12.6 Å². The summed E-state index contributed by atoms with van der Waals surface area (Å²) in [5.74, 6) is 2.38. The van der Waals surface area contributed by atoms with E-state index in [4.69, 9.17) is 10.5 Å². The highest BCUT2D eigenvalue weighted by Crippen LogP contribution is 2.36. The lowest BCUT2D eigenvalue weighted by Crippen LogP contribution is -2.59. The maximum absolute atomic E-state index is 6.60. The maximum atomic E-state index is 6.60. The van der Waals surface area contributed by atoms with Crippen LogP contribution in [0.5, 0.6) is 5.75 Å². The summed E-state index contributed by atoms with van der Waals surface area (Å²) in [5, 5.41) is 3.58. The first-order chi connectivity index (χ1) is 9.81. The molecule has 0 spiro atoms. The smallest absolute Gasteiger partial charge is 0.142 e. The van der Waals surface area contributed by atoms with Gasteiger partial charge >= 0.3 is 0 Å². The van der Waals surface area contributed by atoms with E-state index in [-0.39, 0.29) is 12.1 Å². The summed E-state index contributed by atoms with van der Waals surface area (Å²) in [6, 6.07) is 8.54. The van der Waals surface area contributed by atoms with Crippen molar-refractivity contribution >= 4 is 5.69 Å². The molecule has 1 aromatic rings. The number of rotatable bonds is 2. The number of benzene rings is 1. The first-order valence-electron chi connectivity index (χ1n) is 7.77. The van der Waals surface area contributed by atoms with Crippen molar-refractivity contribution in [3.8, 4) is 5.75 Å². The van der Waals surface area contributed by atoms with Crippen molar-refractivity contribution in [2.24, 2.45) is 17.6 Å². The molecule has 20 heavy (non-hydrogen) atoms. The first kappa shape index (κ1) is 12.5. The van der Waals surface area contributed by atoms with Gasteiger partial charge in [-0.15, -0.1) is 0 Å². The molecule has 2 bridgehead atoms. The number of piperidine rings is 3. The van der Waals surface area contributed by atoms with Crippen LogP contribution in [0, 0.1) is 11.8 Å². The Labute approximate surface area is 120 Å². The molecule has 4 aliphatic heterocycles. The fraction of sp³-hybridized carbons (Fsp3) is 0.625. The van der Waals surface area contributed by atoms with Crippen molar-refractivity contribution in [3.63, 3.8) is 0 Å². The van der Waals surface area contributed by atoms with Crippen LogP contribution in [0.15, 0.2) is 24.3 Å². The second kappa shape index (κ2) is 4.93. The summed E-state index contributed by atoms with van der Waals surface area (Å²) in [5.41, 5.74) is 7.68. The highest BCUT2D eigenvalue weighted by atomic mass is 16.5. The number of nitrogens with zero attached hydrogens (tertiary/aromatic N) is 1. The van der Waals surface area contributed by atoms with Crippen LogP contribution in [0.3, 0.4) is 0 Å². The molecule has 0 amide bonds. The first-order valence-corrected chi connectivity index (χ1v) is 7.77. The van der Waals surface area contributed by atoms with Gasteiger partial charge in [-0.05, 0) is 49.9 Å². The molecular formula is C16H23N3O.